The van der Waals surface area contributed by atoms with Gasteiger partial charge in [-0.3, -0.25) is 0 Å². The highest BCUT2D eigenvalue weighted by Gasteiger charge is 1.96. The third kappa shape index (κ3) is 2.05. The molecule has 0 saturated heterocycles. The van der Waals surface area contributed by atoms with E-state index in [1.54, 1.807) is 0 Å². The molecule has 0 aliphatic heterocycles. The van der Waals surface area contributed by atoms with Crippen molar-refractivity contribution in [2.24, 2.45) is 0 Å². The highest BCUT2D eigenvalue weighted by atomic mass is 14.0. The molecular weight excluding hydrogens is 108 g/mol. The molecule has 0 heterocycles. The molecule has 0 saturated carbocycles. The SMILES string of the molecule is CCCC1=CC=CC[CH]1. The van der Waals surface area contributed by atoms with Gasteiger partial charge < -0.3 is 0 Å². The summed E-state index contributed by atoms with van der Waals surface area (Å²) in [5.74, 6) is 0. The molecule has 1 aliphatic rings. The van der Waals surface area contributed by atoms with Crippen LogP contribution in [0.15, 0.2) is 23.8 Å². The molecule has 0 fully saturated rings. The summed E-state index contributed by atoms with van der Waals surface area (Å²) in [4.78, 5) is 0. The predicted octanol–water partition coefficient (Wildman–Crippen LogP) is 2.88. The number of hydrogen-bond donors (Lipinski definition) is 0. The van der Waals surface area contributed by atoms with Gasteiger partial charge in [0.15, 0.2) is 0 Å². The summed E-state index contributed by atoms with van der Waals surface area (Å²) in [6, 6.07) is 0. The van der Waals surface area contributed by atoms with E-state index in [9.17, 15) is 0 Å². The molecule has 0 aromatic carbocycles. The van der Waals surface area contributed by atoms with Crippen molar-refractivity contribution in [3.63, 3.8) is 0 Å². The van der Waals surface area contributed by atoms with Gasteiger partial charge in [-0.25, -0.2) is 0 Å². The Kier molecular flexibility index (Phi) is 2.56. The van der Waals surface area contributed by atoms with Crippen LogP contribution in [0.1, 0.15) is 26.2 Å². The van der Waals surface area contributed by atoms with Crippen molar-refractivity contribution in [3.8, 4) is 0 Å². The lowest BCUT2D eigenvalue weighted by Gasteiger charge is -2.05. The van der Waals surface area contributed by atoms with Gasteiger partial charge in [0, 0.05) is 0 Å². The maximum atomic E-state index is 2.30. The molecule has 0 atom stereocenters. The van der Waals surface area contributed by atoms with Crippen molar-refractivity contribution >= 4 is 0 Å². The smallest absolute Gasteiger partial charge is 0.00967 e. The highest BCUT2D eigenvalue weighted by Crippen LogP contribution is 2.14. The summed E-state index contributed by atoms with van der Waals surface area (Å²) in [7, 11) is 0. The molecule has 1 radical (unpaired) electrons. The summed E-state index contributed by atoms with van der Waals surface area (Å²) in [6.45, 7) is 2.22. The molecule has 0 nitrogen and oxygen atoms in total. The van der Waals surface area contributed by atoms with Crippen LogP contribution in [0.5, 0.6) is 0 Å². The first kappa shape index (κ1) is 6.60. The van der Waals surface area contributed by atoms with E-state index >= 15 is 0 Å². The number of rotatable bonds is 2. The average Bonchev–Trinajstić information content (AvgIpc) is 1.91. The Morgan fingerprint density at radius 2 is 2.44 bits per heavy atom. The van der Waals surface area contributed by atoms with Crippen LogP contribution in [-0.2, 0) is 0 Å². The molecular formula is C9H13. The molecule has 1 rings (SSSR count). The van der Waals surface area contributed by atoms with Gasteiger partial charge in [-0.15, -0.1) is 0 Å². The second kappa shape index (κ2) is 3.49. The second-order valence-electron chi connectivity index (χ2n) is 2.36. The van der Waals surface area contributed by atoms with Gasteiger partial charge in [-0.05, 0) is 19.3 Å². The third-order valence-corrected chi connectivity index (χ3v) is 1.50. The minimum absolute atomic E-state index is 1.13. The van der Waals surface area contributed by atoms with Gasteiger partial charge >= 0.3 is 0 Å². The van der Waals surface area contributed by atoms with E-state index < -0.39 is 0 Å². The van der Waals surface area contributed by atoms with Crippen LogP contribution in [0.3, 0.4) is 0 Å². The quantitative estimate of drug-likeness (QED) is 0.527. The minimum Gasteiger partial charge on any atom is -0.0839 e. The van der Waals surface area contributed by atoms with E-state index in [4.69, 9.17) is 0 Å². The Balaban J connectivity index is 2.38. The Morgan fingerprint density at radius 1 is 1.56 bits per heavy atom. The fourth-order valence-electron chi connectivity index (χ4n) is 1.03. The fraction of sp³-hybridized carbons (Fsp3) is 0.444. The Hall–Kier alpha value is -0.520. The summed E-state index contributed by atoms with van der Waals surface area (Å²) in [6.07, 6.45) is 12.5. The van der Waals surface area contributed by atoms with Gasteiger partial charge in [0.25, 0.3) is 0 Å². The molecule has 0 bridgehead atoms. The molecule has 0 amide bonds. The third-order valence-electron chi connectivity index (χ3n) is 1.50. The van der Waals surface area contributed by atoms with Gasteiger partial charge in [-0.2, -0.15) is 0 Å². The van der Waals surface area contributed by atoms with E-state index in [1.165, 1.54) is 18.4 Å². The van der Waals surface area contributed by atoms with Crippen molar-refractivity contribution in [1.29, 1.82) is 0 Å². The maximum absolute atomic E-state index is 2.30. The van der Waals surface area contributed by atoms with E-state index in [2.05, 4.69) is 31.6 Å². The number of hydrogen-bond acceptors (Lipinski definition) is 0. The van der Waals surface area contributed by atoms with Gasteiger partial charge in [-0.1, -0.05) is 37.1 Å². The van der Waals surface area contributed by atoms with Crippen molar-refractivity contribution in [2.75, 3.05) is 0 Å². The highest BCUT2D eigenvalue weighted by molar-refractivity contribution is 5.25. The van der Waals surface area contributed by atoms with Crippen LogP contribution >= 0.6 is 0 Å². The predicted molar refractivity (Wildman–Crippen MR) is 41.0 cm³/mol. The van der Waals surface area contributed by atoms with E-state index in [0.29, 0.717) is 0 Å². The topological polar surface area (TPSA) is 0 Å². The minimum atomic E-state index is 1.13. The molecule has 0 heteroatoms. The summed E-state index contributed by atoms with van der Waals surface area (Å²) in [5.41, 5.74) is 1.50. The van der Waals surface area contributed by atoms with Crippen molar-refractivity contribution in [1.82, 2.24) is 0 Å². The summed E-state index contributed by atoms with van der Waals surface area (Å²) >= 11 is 0. The first-order chi connectivity index (χ1) is 4.43. The first-order valence-electron chi connectivity index (χ1n) is 3.62. The molecule has 0 unspecified atom stereocenters. The van der Waals surface area contributed by atoms with Crippen LogP contribution in [0, 0.1) is 6.42 Å². The number of allylic oxidation sites excluding steroid dienone is 4. The summed E-state index contributed by atoms with van der Waals surface area (Å²) < 4.78 is 0. The molecule has 0 N–H and O–H groups in total. The largest absolute Gasteiger partial charge is 0.0839 e. The monoisotopic (exact) mass is 121 g/mol. The zero-order valence-electron chi connectivity index (χ0n) is 5.93. The van der Waals surface area contributed by atoms with Gasteiger partial charge in [0.2, 0.25) is 0 Å². The Morgan fingerprint density at radius 3 is 3.00 bits per heavy atom. The molecule has 0 spiro atoms. The lowest BCUT2D eigenvalue weighted by atomic mass is 10.0. The van der Waals surface area contributed by atoms with E-state index in [1.807, 2.05) is 0 Å². The van der Waals surface area contributed by atoms with Crippen molar-refractivity contribution in [2.45, 2.75) is 26.2 Å². The maximum Gasteiger partial charge on any atom is -0.00967 e. The zero-order chi connectivity index (χ0) is 6.53. The zero-order valence-corrected chi connectivity index (χ0v) is 5.93. The van der Waals surface area contributed by atoms with Crippen LogP contribution in [0.4, 0.5) is 0 Å². The van der Waals surface area contributed by atoms with Crippen LogP contribution in [0.2, 0.25) is 0 Å². The normalized spacial score (nSPS) is 17.7. The van der Waals surface area contributed by atoms with E-state index in [0.717, 1.165) is 6.42 Å². The molecule has 0 aromatic rings. The molecule has 49 valence electrons. The van der Waals surface area contributed by atoms with Crippen LogP contribution in [-0.4, -0.2) is 0 Å². The lowest BCUT2D eigenvalue weighted by molar-refractivity contribution is 0.896. The standard InChI is InChI=1S/C9H13/c1-2-6-9-7-4-3-5-8-9/h3-4,7-8H,2,5-6H2,1H3. The molecule has 1 aliphatic carbocycles. The summed E-state index contributed by atoms with van der Waals surface area (Å²) in [5, 5.41) is 0. The fourth-order valence-corrected chi connectivity index (χ4v) is 1.03. The van der Waals surface area contributed by atoms with Crippen molar-refractivity contribution in [3.05, 3.63) is 30.2 Å². The van der Waals surface area contributed by atoms with Crippen LogP contribution < -0.4 is 0 Å². The lowest BCUT2D eigenvalue weighted by Crippen LogP contribution is -1.86. The Bertz CT molecular complexity index is 129. The average molecular weight is 121 g/mol. The van der Waals surface area contributed by atoms with E-state index in [-0.39, 0.29) is 0 Å². The van der Waals surface area contributed by atoms with Crippen LogP contribution in [0.25, 0.3) is 0 Å². The Labute approximate surface area is 57.3 Å². The van der Waals surface area contributed by atoms with Crippen molar-refractivity contribution < 1.29 is 0 Å². The first-order valence-corrected chi connectivity index (χ1v) is 3.62. The second-order valence-corrected chi connectivity index (χ2v) is 2.36. The molecule has 9 heavy (non-hydrogen) atoms. The van der Waals surface area contributed by atoms with Gasteiger partial charge in [0.1, 0.15) is 0 Å². The van der Waals surface area contributed by atoms with Gasteiger partial charge in [0.05, 0.1) is 0 Å². The molecule has 0 aromatic heterocycles.